The van der Waals surface area contributed by atoms with Crippen molar-refractivity contribution in [3.05, 3.63) is 101 Å². The Bertz CT molecular complexity index is 1160. The molecule has 1 aromatic heterocycles. The van der Waals surface area contributed by atoms with E-state index in [0.717, 1.165) is 28.3 Å². The third-order valence-electron chi connectivity index (χ3n) is 4.66. The SMILES string of the molecule is Cc1ccc(NC(=O)CSc2nnc(Cc3ccccc3)n2-c2ccc(Cl)cc2)cc1. The summed E-state index contributed by atoms with van der Waals surface area (Å²) < 4.78 is 1.98. The Hall–Kier alpha value is -3.09. The van der Waals surface area contributed by atoms with Crippen LogP contribution in [0.4, 0.5) is 5.69 Å². The summed E-state index contributed by atoms with van der Waals surface area (Å²) >= 11 is 7.43. The molecule has 4 aromatic rings. The van der Waals surface area contributed by atoms with Crippen LogP contribution < -0.4 is 5.32 Å². The number of nitrogens with zero attached hydrogens (tertiary/aromatic N) is 3. The van der Waals surface area contributed by atoms with E-state index in [4.69, 9.17) is 11.6 Å². The quantitative estimate of drug-likeness (QED) is 0.376. The molecule has 0 saturated heterocycles. The highest BCUT2D eigenvalue weighted by atomic mass is 35.5. The second kappa shape index (κ2) is 9.81. The van der Waals surface area contributed by atoms with Crippen LogP contribution in [-0.2, 0) is 11.2 Å². The average molecular weight is 449 g/mol. The van der Waals surface area contributed by atoms with E-state index < -0.39 is 0 Å². The lowest BCUT2D eigenvalue weighted by atomic mass is 10.1. The standard InChI is InChI=1S/C24H21ClN4OS/c1-17-7-11-20(12-8-17)26-23(30)16-31-24-28-27-22(15-18-5-3-2-4-6-18)29(24)21-13-9-19(25)10-14-21/h2-14H,15-16H2,1H3,(H,26,30). The summed E-state index contributed by atoms with van der Waals surface area (Å²) in [6, 6.07) is 25.4. The van der Waals surface area contributed by atoms with Crippen molar-refractivity contribution in [2.75, 3.05) is 11.1 Å². The predicted octanol–water partition coefficient (Wildman–Crippen LogP) is 5.55. The van der Waals surface area contributed by atoms with Crippen molar-refractivity contribution in [1.82, 2.24) is 14.8 Å². The van der Waals surface area contributed by atoms with Gasteiger partial charge in [0.25, 0.3) is 0 Å². The highest BCUT2D eigenvalue weighted by Crippen LogP contribution is 2.25. The highest BCUT2D eigenvalue weighted by molar-refractivity contribution is 7.99. The Balaban J connectivity index is 1.54. The molecular formula is C24H21ClN4OS. The van der Waals surface area contributed by atoms with Crippen molar-refractivity contribution >= 4 is 35.0 Å². The van der Waals surface area contributed by atoms with Gasteiger partial charge in [-0.25, -0.2) is 0 Å². The maximum absolute atomic E-state index is 12.5. The van der Waals surface area contributed by atoms with E-state index in [2.05, 4.69) is 27.6 Å². The van der Waals surface area contributed by atoms with Crippen LogP contribution in [0.3, 0.4) is 0 Å². The molecule has 0 aliphatic rings. The summed E-state index contributed by atoms with van der Waals surface area (Å²) in [5.74, 6) is 0.935. The number of carbonyl (C=O) groups excluding carboxylic acids is 1. The Morgan fingerprint density at radius 1 is 0.968 bits per heavy atom. The highest BCUT2D eigenvalue weighted by Gasteiger charge is 2.16. The molecule has 0 radical (unpaired) electrons. The lowest BCUT2D eigenvalue weighted by Crippen LogP contribution is -2.14. The summed E-state index contributed by atoms with van der Waals surface area (Å²) in [7, 11) is 0. The van der Waals surface area contributed by atoms with Crippen LogP contribution in [0.15, 0.2) is 84.0 Å². The summed E-state index contributed by atoms with van der Waals surface area (Å²) in [5.41, 5.74) is 3.97. The topological polar surface area (TPSA) is 59.8 Å². The van der Waals surface area contributed by atoms with Gasteiger partial charge in [-0.05, 0) is 48.9 Å². The van der Waals surface area contributed by atoms with Crippen LogP contribution in [-0.4, -0.2) is 26.4 Å². The van der Waals surface area contributed by atoms with Gasteiger partial charge >= 0.3 is 0 Å². The summed E-state index contributed by atoms with van der Waals surface area (Å²) in [6.07, 6.45) is 0.632. The van der Waals surface area contributed by atoms with Crippen molar-refractivity contribution in [3.8, 4) is 5.69 Å². The molecule has 0 aliphatic carbocycles. The molecular weight excluding hydrogens is 428 g/mol. The minimum Gasteiger partial charge on any atom is -0.325 e. The van der Waals surface area contributed by atoms with Crippen LogP contribution in [0.5, 0.6) is 0 Å². The molecule has 1 amide bonds. The Kier molecular flexibility index (Phi) is 6.70. The van der Waals surface area contributed by atoms with Crippen LogP contribution >= 0.6 is 23.4 Å². The largest absolute Gasteiger partial charge is 0.325 e. The molecule has 0 unspecified atom stereocenters. The molecule has 0 atom stereocenters. The van der Waals surface area contributed by atoms with Crippen molar-refractivity contribution in [1.29, 1.82) is 0 Å². The Labute approximate surface area is 190 Å². The maximum Gasteiger partial charge on any atom is 0.234 e. The number of anilines is 1. The number of hydrogen-bond donors (Lipinski definition) is 1. The molecule has 0 bridgehead atoms. The van der Waals surface area contributed by atoms with Crippen LogP contribution in [0.2, 0.25) is 5.02 Å². The Morgan fingerprint density at radius 2 is 1.68 bits per heavy atom. The Morgan fingerprint density at radius 3 is 2.39 bits per heavy atom. The molecule has 31 heavy (non-hydrogen) atoms. The zero-order chi connectivity index (χ0) is 21.6. The smallest absolute Gasteiger partial charge is 0.234 e. The minimum absolute atomic E-state index is 0.0934. The van der Waals surface area contributed by atoms with Gasteiger partial charge in [-0.3, -0.25) is 9.36 Å². The molecule has 4 rings (SSSR count). The molecule has 1 heterocycles. The number of nitrogens with one attached hydrogen (secondary N) is 1. The molecule has 3 aromatic carbocycles. The number of rotatable bonds is 7. The summed E-state index contributed by atoms with van der Waals surface area (Å²) in [6.45, 7) is 2.01. The maximum atomic E-state index is 12.5. The van der Waals surface area contributed by atoms with E-state index in [1.165, 1.54) is 11.8 Å². The van der Waals surface area contributed by atoms with E-state index in [-0.39, 0.29) is 11.7 Å². The van der Waals surface area contributed by atoms with Gasteiger partial charge in [-0.1, -0.05) is 71.4 Å². The molecule has 156 valence electrons. The monoisotopic (exact) mass is 448 g/mol. The first-order valence-corrected chi connectivity index (χ1v) is 11.2. The fourth-order valence-electron chi connectivity index (χ4n) is 3.10. The zero-order valence-corrected chi connectivity index (χ0v) is 18.5. The number of thioether (sulfide) groups is 1. The molecule has 5 nitrogen and oxygen atoms in total. The van der Waals surface area contributed by atoms with Gasteiger partial charge in [0.15, 0.2) is 5.16 Å². The fraction of sp³-hybridized carbons (Fsp3) is 0.125. The van der Waals surface area contributed by atoms with E-state index >= 15 is 0 Å². The first-order chi connectivity index (χ1) is 15.1. The molecule has 0 fully saturated rings. The van der Waals surface area contributed by atoms with Crippen molar-refractivity contribution in [3.63, 3.8) is 0 Å². The lowest BCUT2D eigenvalue weighted by molar-refractivity contribution is -0.113. The second-order valence-corrected chi connectivity index (χ2v) is 8.45. The summed E-state index contributed by atoms with van der Waals surface area (Å²) in [4.78, 5) is 12.5. The normalized spacial score (nSPS) is 10.8. The van der Waals surface area contributed by atoms with Gasteiger partial charge in [-0.15, -0.1) is 10.2 Å². The van der Waals surface area contributed by atoms with Crippen molar-refractivity contribution < 1.29 is 4.79 Å². The first kappa shape index (κ1) is 21.2. The zero-order valence-electron chi connectivity index (χ0n) is 17.0. The van der Waals surface area contributed by atoms with E-state index in [1.54, 1.807) is 0 Å². The van der Waals surface area contributed by atoms with Crippen molar-refractivity contribution in [2.45, 2.75) is 18.5 Å². The van der Waals surface area contributed by atoms with Gasteiger partial charge in [0.05, 0.1) is 5.75 Å². The number of carbonyl (C=O) groups is 1. The van der Waals surface area contributed by atoms with Gasteiger partial charge in [0, 0.05) is 22.8 Å². The first-order valence-electron chi connectivity index (χ1n) is 9.82. The van der Waals surface area contributed by atoms with Gasteiger partial charge in [0.1, 0.15) is 5.82 Å². The van der Waals surface area contributed by atoms with E-state index in [9.17, 15) is 4.79 Å². The fourth-order valence-corrected chi connectivity index (χ4v) is 4.00. The van der Waals surface area contributed by atoms with Gasteiger partial charge in [0.2, 0.25) is 5.91 Å². The molecule has 0 spiro atoms. The lowest BCUT2D eigenvalue weighted by Gasteiger charge is -2.11. The third-order valence-corrected chi connectivity index (χ3v) is 5.84. The number of hydrogen-bond acceptors (Lipinski definition) is 4. The van der Waals surface area contributed by atoms with Crippen molar-refractivity contribution in [2.24, 2.45) is 0 Å². The number of aryl methyl sites for hydroxylation is 1. The van der Waals surface area contributed by atoms with Gasteiger partial charge in [-0.2, -0.15) is 0 Å². The number of halogens is 1. The van der Waals surface area contributed by atoms with Crippen LogP contribution in [0.25, 0.3) is 5.69 Å². The molecule has 7 heteroatoms. The van der Waals surface area contributed by atoms with Crippen LogP contribution in [0, 0.1) is 6.92 Å². The molecule has 1 N–H and O–H groups in total. The third kappa shape index (κ3) is 5.54. The molecule has 0 aliphatic heterocycles. The van der Waals surface area contributed by atoms with Gasteiger partial charge < -0.3 is 5.32 Å². The summed E-state index contributed by atoms with van der Waals surface area (Å²) in [5, 5.41) is 13.0. The average Bonchev–Trinajstić information content (AvgIpc) is 3.17. The minimum atomic E-state index is -0.0934. The van der Waals surface area contributed by atoms with E-state index in [0.29, 0.717) is 16.6 Å². The number of aromatic nitrogens is 3. The predicted molar refractivity (Wildman–Crippen MR) is 126 cm³/mol. The second-order valence-electron chi connectivity index (χ2n) is 7.08. The van der Waals surface area contributed by atoms with E-state index in [1.807, 2.05) is 78.2 Å². The van der Waals surface area contributed by atoms with Crippen LogP contribution in [0.1, 0.15) is 17.0 Å². The number of amides is 1. The molecule has 0 saturated carbocycles. The number of benzene rings is 3.